The van der Waals surface area contributed by atoms with E-state index in [9.17, 15) is 4.39 Å². The highest BCUT2D eigenvalue weighted by Crippen LogP contribution is 2.17. The number of nitrogens with zero attached hydrogens (tertiary/aromatic N) is 1. The first kappa shape index (κ1) is 9.71. The van der Waals surface area contributed by atoms with Crippen LogP contribution in [0.1, 0.15) is 19.4 Å². The molecule has 2 rings (SSSR count). The van der Waals surface area contributed by atoms with E-state index in [1.54, 1.807) is 6.07 Å². The van der Waals surface area contributed by atoms with Gasteiger partial charge in [0.1, 0.15) is 0 Å². The number of fused-ring (bicyclic) bond motifs is 1. The first-order chi connectivity index (χ1) is 6.29. The topological polar surface area (TPSA) is 28.7 Å². The van der Waals surface area contributed by atoms with Crippen LogP contribution >= 0.6 is 0 Å². The highest BCUT2D eigenvalue weighted by atomic mass is 19.1. The van der Waals surface area contributed by atoms with E-state index in [2.05, 4.69) is 10.2 Å². The largest absolute Gasteiger partial charge is 0.252 e. The first-order valence-electron chi connectivity index (χ1n) is 4.38. The quantitative estimate of drug-likeness (QED) is 0.663. The molecule has 0 saturated carbocycles. The van der Waals surface area contributed by atoms with E-state index < -0.39 is 0 Å². The van der Waals surface area contributed by atoms with Crippen LogP contribution < -0.4 is 0 Å². The normalized spacial score (nSPS) is 9.54. The van der Waals surface area contributed by atoms with Gasteiger partial charge in [-0.2, -0.15) is 9.49 Å². The number of H-pyrrole nitrogens is 1. The zero-order valence-electron chi connectivity index (χ0n) is 8.06. The molecule has 0 aliphatic carbocycles. The highest BCUT2D eigenvalue weighted by Gasteiger charge is 2.04. The Kier molecular flexibility index (Phi) is 3.01. The molecule has 0 radical (unpaired) electrons. The summed E-state index contributed by atoms with van der Waals surface area (Å²) in [6.07, 6.45) is 0. The van der Waals surface area contributed by atoms with Crippen LogP contribution in [-0.2, 0) is 0 Å². The second kappa shape index (κ2) is 4.03. The van der Waals surface area contributed by atoms with Gasteiger partial charge in [-0.15, -0.1) is 0 Å². The second-order valence-corrected chi connectivity index (χ2v) is 2.51. The molecule has 0 aliphatic heterocycles. The Bertz CT molecular complexity index is 393. The van der Waals surface area contributed by atoms with Gasteiger partial charge in [0, 0.05) is 0 Å². The van der Waals surface area contributed by atoms with Gasteiger partial charge in [-0.1, -0.05) is 26.0 Å². The van der Waals surface area contributed by atoms with E-state index in [1.165, 1.54) is 0 Å². The maximum absolute atomic E-state index is 12.9. The second-order valence-electron chi connectivity index (χ2n) is 2.51. The lowest BCUT2D eigenvalue weighted by atomic mass is 10.1. The Balaban J connectivity index is 0.000000396. The Labute approximate surface area is 76.8 Å². The summed E-state index contributed by atoms with van der Waals surface area (Å²) in [6, 6.07) is 5.50. The minimum Gasteiger partial charge on any atom is -0.252 e. The number of hydrogen-bond acceptors (Lipinski definition) is 1. The summed E-state index contributed by atoms with van der Waals surface area (Å²) in [4.78, 5) is 0. The molecule has 13 heavy (non-hydrogen) atoms. The van der Waals surface area contributed by atoms with Crippen LogP contribution in [0.2, 0.25) is 0 Å². The van der Waals surface area contributed by atoms with E-state index in [0.717, 1.165) is 5.56 Å². The average molecular weight is 180 g/mol. The summed E-state index contributed by atoms with van der Waals surface area (Å²) in [6.45, 7) is 5.86. The van der Waals surface area contributed by atoms with E-state index in [1.807, 2.05) is 32.9 Å². The molecule has 3 heteroatoms. The van der Waals surface area contributed by atoms with Gasteiger partial charge in [-0.25, -0.2) is 0 Å². The Hall–Kier alpha value is -1.38. The number of rotatable bonds is 0. The van der Waals surface area contributed by atoms with Crippen molar-refractivity contribution in [2.75, 3.05) is 0 Å². The van der Waals surface area contributed by atoms with E-state index in [-0.39, 0.29) is 5.95 Å². The van der Waals surface area contributed by atoms with Crippen LogP contribution in [0.5, 0.6) is 0 Å². The molecule has 70 valence electrons. The Morgan fingerprint density at radius 2 is 2.00 bits per heavy atom. The van der Waals surface area contributed by atoms with Gasteiger partial charge < -0.3 is 0 Å². The number of hydrogen-bond donors (Lipinski definition) is 1. The van der Waals surface area contributed by atoms with Crippen LogP contribution in [0.25, 0.3) is 10.9 Å². The lowest BCUT2D eigenvalue weighted by molar-refractivity contribution is 0.588. The minimum absolute atomic E-state index is 0.349. The maximum Gasteiger partial charge on any atom is 0.217 e. The van der Waals surface area contributed by atoms with Crippen molar-refractivity contribution in [3.8, 4) is 0 Å². The van der Waals surface area contributed by atoms with Crippen LogP contribution in [0.4, 0.5) is 4.39 Å². The summed E-state index contributed by atoms with van der Waals surface area (Å²) >= 11 is 0. The van der Waals surface area contributed by atoms with Crippen LogP contribution in [0.3, 0.4) is 0 Å². The molecule has 0 aliphatic rings. The molecule has 0 bridgehead atoms. The number of aromatic amines is 1. The van der Waals surface area contributed by atoms with Crippen molar-refractivity contribution < 1.29 is 4.39 Å². The Morgan fingerprint density at radius 1 is 1.31 bits per heavy atom. The molecule has 1 aromatic heterocycles. The third-order valence-electron chi connectivity index (χ3n) is 1.74. The Morgan fingerprint density at radius 3 is 2.62 bits per heavy atom. The van der Waals surface area contributed by atoms with Gasteiger partial charge in [0.05, 0.1) is 10.9 Å². The van der Waals surface area contributed by atoms with Gasteiger partial charge in [0.2, 0.25) is 5.95 Å². The smallest absolute Gasteiger partial charge is 0.217 e. The fourth-order valence-corrected chi connectivity index (χ4v) is 1.20. The molecule has 0 atom stereocenters. The summed E-state index contributed by atoms with van der Waals surface area (Å²) in [7, 11) is 0. The van der Waals surface area contributed by atoms with E-state index >= 15 is 0 Å². The first-order valence-corrected chi connectivity index (χ1v) is 4.38. The van der Waals surface area contributed by atoms with Gasteiger partial charge >= 0.3 is 0 Å². The van der Waals surface area contributed by atoms with Crippen molar-refractivity contribution in [2.24, 2.45) is 0 Å². The number of benzene rings is 1. The molecule has 2 aromatic rings. The number of aromatic nitrogens is 2. The third kappa shape index (κ3) is 1.69. The summed E-state index contributed by atoms with van der Waals surface area (Å²) in [5.74, 6) is -0.349. The molecular weight excluding hydrogens is 167 g/mol. The molecule has 1 N–H and O–H groups in total. The predicted octanol–water partition coefficient (Wildman–Crippen LogP) is 3.04. The number of aryl methyl sites for hydroxylation is 1. The van der Waals surface area contributed by atoms with Crippen LogP contribution in [-0.4, -0.2) is 10.2 Å². The third-order valence-corrected chi connectivity index (χ3v) is 1.74. The van der Waals surface area contributed by atoms with E-state index in [0.29, 0.717) is 10.9 Å². The van der Waals surface area contributed by atoms with E-state index in [4.69, 9.17) is 0 Å². The molecule has 2 nitrogen and oxygen atoms in total. The lowest BCUT2D eigenvalue weighted by Crippen LogP contribution is -1.76. The van der Waals surface area contributed by atoms with Gasteiger partial charge in [-0.05, 0) is 18.6 Å². The number of nitrogens with one attached hydrogen (secondary N) is 1. The monoisotopic (exact) mass is 180 g/mol. The summed E-state index contributed by atoms with van der Waals surface area (Å²) < 4.78 is 12.9. The summed E-state index contributed by atoms with van der Waals surface area (Å²) in [5.41, 5.74) is 1.59. The molecule has 1 aromatic carbocycles. The zero-order valence-corrected chi connectivity index (χ0v) is 8.06. The van der Waals surface area contributed by atoms with Crippen molar-refractivity contribution in [1.29, 1.82) is 0 Å². The van der Waals surface area contributed by atoms with Crippen molar-refractivity contribution in [3.05, 3.63) is 29.7 Å². The van der Waals surface area contributed by atoms with Crippen molar-refractivity contribution in [3.63, 3.8) is 0 Å². The molecule has 0 spiro atoms. The fourth-order valence-electron chi connectivity index (χ4n) is 1.20. The standard InChI is InChI=1S/C8H7FN2.C2H6/c1-5-3-2-4-6-7(5)8(9)11-10-6;1-2/h2-4H,1H3,(H,10,11);1-2H3. The van der Waals surface area contributed by atoms with Crippen LogP contribution in [0.15, 0.2) is 18.2 Å². The molecular formula is C10H13FN2. The molecule has 1 heterocycles. The van der Waals surface area contributed by atoms with Crippen LogP contribution in [0, 0.1) is 12.9 Å². The maximum atomic E-state index is 12.9. The SMILES string of the molecule is CC.Cc1cccc2n[nH]c(F)c12. The van der Waals surface area contributed by atoms with Crippen molar-refractivity contribution >= 4 is 10.9 Å². The van der Waals surface area contributed by atoms with Gasteiger partial charge in [-0.3, -0.25) is 5.10 Å². The molecule has 0 amide bonds. The lowest BCUT2D eigenvalue weighted by Gasteiger charge is -1.91. The number of halogens is 1. The molecule has 0 fully saturated rings. The molecule has 0 saturated heterocycles. The van der Waals surface area contributed by atoms with Crippen molar-refractivity contribution in [2.45, 2.75) is 20.8 Å². The van der Waals surface area contributed by atoms with Gasteiger partial charge in [0.15, 0.2) is 0 Å². The highest BCUT2D eigenvalue weighted by molar-refractivity contribution is 5.81. The zero-order chi connectivity index (χ0) is 9.84. The van der Waals surface area contributed by atoms with Crippen molar-refractivity contribution in [1.82, 2.24) is 10.2 Å². The van der Waals surface area contributed by atoms with Gasteiger partial charge in [0.25, 0.3) is 0 Å². The molecule has 0 unspecified atom stereocenters. The predicted molar refractivity (Wildman–Crippen MR) is 52.1 cm³/mol. The minimum atomic E-state index is -0.349. The summed E-state index contributed by atoms with van der Waals surface area (Å²) in [5, 5.41) is 6.67. The average Bonchev–Trinajstić information content (AvgIpc) is 2.53. The fraction of sp³-hybridized carbons (Fsp3) is 0.300.